The summed E-state index contributed by atoms with van der Waals surface area (Å²) in [4.78, 5) is 6.64. The van der Waals surface area contributed by atoms with Crippen LogP contribution in [-0.4, -0.2) is 36.4 Å². The monoisotopic (exact) mass is 581 g/mol. The van der Waals surface area contributed by atoms with E-state index in [1.54, 1.807) is 18.3 Å². The summed E-state index contributed by atoms with van der Waals surface area (Å²) in [6.07, 6.45) is 2.86. The smallest absolute Gasteiger partial charge is 0.229 e. The summed E-state index contributed by atoms with van der Waals surface area (Å²) in [6.45, 7) is 4.10. The van der Waals surface area contributed by atoms with Gasteiger partial charge in [-0.25, -0.2) is 8.42 Å². The summed E-state index contributed by atoms with van der Waals surface area (Å²) >= 11 is 12.5. The van der Waals surface area contributed by atoms with E-state index in [1.807, 2.05) is 60.4 Å². The highest BCUT2D eigenvalue weighted by atomic mass is 35.5. The Hall–Kier alpha value is -3.60. The van der Waals surface area contributed by atoms with Crippen LogP contribution in [0.4, 0.5) is 11.4 Å². The zero-order chi connectivity index (χ0) is 27.9. The average molecular weight is 582 g/mol. The standard InChI is InChI=1S/C28H28ClN5O3S2/c1-17-15-20(18(2)33(17)24-11-6-5-9-21(24)29)27-26(22-10-7-8-14-30-22)31-28(38)34(27)19-12-13-25(37-3)23(16-19)32-39(4,35)36/h5-16,26-27,32H,1-4H3,(H,31,38)/t26-,27-/m0/s1. The molecule has 0 radical (unpaired) electrons. The maximum Gasteiger partial charge on any atom is 0.229 e. The summed E-state index contributed by atoms with van der Waals surface area (Å²) in [5, 5.41) is 4.60. The van der Waals surface area contributed by atoms with Crippen LogP contribution in [0.1, 0.15) is 34.7 Å². The minimum Gasteiger partial charge on any atom is -0.495 e. The van der Waals surface area contributed by atoms with Gasteiger partial charge in [0.25, 0.3) is 0 Å². The van der Waals surface area contributed by atoms with Crippen molar-refractivity contribution in [2.24, 2.45) is 0 Å². The summed E-state index contributed by atoms with van der Waals surface area (Å²) < 4.78 is 34.3. The van der Waals surface area contributed by atoms with Crippen molar-refractivity contribution in [3.05, 3.63) is 101 Å². The van der Waals surface area contributed by atoms with Crippen molar-refractivity contribution in [2.75, 3.05) is 23.0 Å². The molecule has 11 heteroatoms. The molecule has 2 atom stereocenters. The van der Waals surface area contributed by atoms with Crippen LogP contribution in [-0.2, 0) is 10.0 Å². The molecule has 4 aromatic rings. The molecule has 39 heavy (non-hydrogen) atoms. The Labute approximate surface area is 238 Å². The van der Waals surface area contributed by atoms with Crippen molar-refractivity contribution in [2.45, 2.75) is 25.9 Å². The van der Waals surface area contributed by atoms with Gasteiger partial charge in [-0.15, -0.1) is 0 Å². The van der Waals surface area contributed by atoms with Gasteiger partial charge < -0.3 is 19.5 Å². The van der Waals surface area contributed by atoms with Gasteiger partial charge in [0, 0.05) is 23.3 Å². The third kappa shape index (κ3) is 5.19. The van der Waals surface area contributed by atoms with Crippen molar-refractivity contribution in [1.82, 2.24) is 14.9 Å². The van der Waals surface area contributed by atoms with Gasteiger partial charge in [0.15, 0.2) is 5.11 Å². The van der Waals surface area contributed by atoms with Crippen molar-refractivity contribution < 1.29 is 13.2 Å². The van der Waals surface area contributed by atoms with Crippen molar-refractivity contribution >= 4 is 50.3 Å². The SMILES string of the molecule is COc1ccc(N2C(=S)N[C@@H](c3ccccn3)[C@@H]2c2cc(C)n(-c3ccccc3Cl)c2C)cc1NS(C)(=O)=O. The normalized spacial score (nSPS) is 17.3. The molecular weight excluding hydrogens is 554 g/mol. The van der Waals surface area contributed by atoms with Crippen LogP contribution < -0.4 is 19.7 Å². The van der Waals surface area contributed by atoms with E-state index < -0.39 is 10.0 Å². The van der Waals surface area contributed by atoms with Crippen molar-refractivity contribution in [3.8, 4) is 11.4 Å². The van der Waals surface area contributed by atoms with Gasteiger partial charge in [0.05, 0.1) is 47.5 Å². The number of nitrogens with one attached hydrogen (secondary N) is 2. The number of benzene rings is 2. The topological polar surface area (TPSA) is 88.5 Å². The summed E-state index contributed by atoms with van der Waals surface area (Å²) in [6, 6.07) is 20.4. The Bertz CT molecular complexity index is 1660. The van der Waals surface area contributed by atoms with Crippen LogP contribution >= 0.6 is 23.8 Å². The molecular formula is C28H28ClN5O3S2. The number of halogens is 1. The first kappa shape index (κ1) is 27.0. The molecule has 0 bridgehead atoms. The quantitative estimate of drug-likeness (QED) is 0.271. The number of thiocarbonyl (C=S) groups is 1. The first-order chi connectivity index (χ1) is 18.6. The number of aromatic nitrogens is 2. The highest BCUT2D eigenvalue weighted by molar-refractivity contribution is 7.92. The second-order valence-electron chi connectivity index (χ2n) is 9.37. The molecule has 2 aromatic heterocycles. The molecule has 2 N–H and O–H groups in total. The van der Waals surface area contributed by atoms with E-state index in [-0.39, 0.29) is 12.1 Å². The lowest BCUT2D eigenvalue weighted by Gasteiger charge is -2.29. The van der Waals surface area contributed by atoms with Gasteiger partial charge in [-0.3, -0.25) is 9.71 Å². The Morgan fingerprint density at radius 1 is 1.08 bits per heavy atom. The highest BCUT2D eigenvalue weighted by Gasteiger charge is 2.42. The molecule has 0 spiro atoms. The van der Waals surface area contributed by atoms with Gasteiger partial charge in [-0.1, -0.05) is 29.8 Å². The molecule has 5 rings (SSSR count). The Balaban J connectivity index is 1.69. The molecule has 3 heterocycles. The third-order valence-corrected chi connectivity index (χ3v) is 7.96. The second-order valence-corrected chi connectivity index (χ2v) is 11.9. The number of methoxy groups -OCH3 is 1. The largest absolute Gasteiger partial charge is 0.495 e. The number of rotatable bonds is 7. The maximum atomic E-state index is 12.1. The van der Waals surface area contributed by atoms with Crippen LogP contribution in [0, 0.1) is 13.8 Å². The number of anilines is 2. The predicted molar refractivity (Wildman–Crippen MR) is 160 cm³/mol. The predicted octanol–water partition coefficient (Wildman–Crippen LogP) is 5.70. The van der Waals surface area contributed by atoms with Gasteiger partial charge in [0.1, 0.15) is 5.75 Å². The number of hydrogen-bond acceptors (Lipinski definition) is 5. The number of pyridine rings is 1. The minimum absolute atomic E-state index is 0.271. The van der Waals surface area contributed by atoms with E-state index in [9.17, 15) is 8.42 Å². The van der Waals surface area contributed by atoms with Crippen LogP contribution in [0.15, 0.2) is 72.9 Å². The number of aryl methyl sites for hydroxylation is 1. The first-order valence-corrected chi connectivity index (χ1v) is 14.9. The van der Waals surface area contributed by atoms with Crippen LogP contribution in [0.2, 0.25) is 5.02 Å². The second kappa shape index (κ2) is 10.5. The van der Waals surface area contributed by atoms with E-state index in [1.165, 1.54) is 7.11 Å². The van der Waals surface area contributed by atoms with E-state index >= 15 is 0 Å². The van der Waals surface area contributed by atoms with E-state index in [0.29, 0.717) is 27.3 Å². The average Bonchev–Trinajstić information content (AvgIpc) is 3.39. The number of ether oxygens (including phenoxy) is 1. The Morgan fingerprint density at radius 2 is 1.82 bits per heavy atom. The lowest BCUT2D eigenvalue weighted by atomic mass is 9.96. The molecule has 1 aliphatic rings. The van der Waals surface area contributed by atoms with Crippen molar-refractivity contribution in [1.29, 1.82) is 0 Å². The lowest BCUT2D eigenvalue weighted by molar-refractivity contribution is 0.417. The number of nitrogens with zero attached hydrogens (tertiary/aromatic N) is 3. The number of para-hydroxylation sites is 1. The molecule has 0 aliphatic carbocycles. The Kier molecular flexibility index (Phi) is 7.28. The molecule has 2 aromatic carbocycles. The fourth-order valence-electron chi connectivity index (χ4n) is 5.17. The fraction of sp³-hybridized carbons (Fsp3) is 0.214. The molecule has 8 nitrogen and oxygen atoms in total. The lowest BCUT2D eigenvalue weighted by Crippen LogP contribution is -2.29. The van der Waals surface area contributed by atoms with E-state index in [0.717, 1.165) is 34.6 Å². The first-order valence-electron chi connectivity index (χ1n) is 12.2. The molecule has 0 amide bonds. The molecule has 1 fully saturated rings. The van der Waals surface area contributed by atoms with Crippen molar-refractivity contribution in [3.63, 3.8) is 0 Å². The van der Waals surface area contributed by atoms with E-state index in [2.05, 4.69) is 32.6 Å². The molecule has 0 unspecified atom stereocenters. The third-order valence-electron chi connectivity index (χ3n) is 6.74. The van der Waals surface area contributed by atoms with Crippen LogP contribution in [0.5, 0.6) is 5.75 Å². The van der Waals surface area contributed by atoms with Crippen LogP contribution in [0.25, 0.3) is 5.69 Å². The highest BCUT2D eigenvalue weighted by Crippen LogP contribution is 2.45. The number of sulfonamides is 1. The van der Waals surface area contributed by atoms with E-state index in [4.69, 9.17) is 28.6 Å². The van der Waals surface area contributed by atoms with Crippen LogP contribution in [0.3, 0.4) is 0 Å². The van der Waals surface area contributed by atoms with Gasteiger partial charge >= 0.3 is 0 Å². The fourth-order valence-corrected chi connectivity index (χ4v) is 6.29. The summed E-state index contributed by atoms with van der Waals surface area (Å²) in [5.74, 6) is 0.400. The molecule has 0 saturated carbocycles. The minimum atomic E-state index is -3.55. The zero-order valence-corrected chi connectivity index (χ0v) is 24.2. The summed E-state index contributed by atoms with van der Waals surface area (Å²) in [7, 11) is -2.06. The molecule has 202 valence electrons. The Morgan fingerprint density at radius 3 is 2.49 bits per heavy atom. The number of hydrogen-bond donors (Lipinski definition) is 2. The molecule has 1 aliphatic heterocycles. The zero-order valence-electron chi connectivity index (χ0n) is 21.8. The van der Waals surface area contributed by atoms with Gasteiger partial charge in [0.2, 0.25) is 10.0 Å². The van der Waals surface area contributed by atoms with Gasteiger partial charge in [-0.05, 0) is 80.2 Å². The summed E-state index contributed by atoms with van der Waals surface area (Å²) in [5.41, 5.74) is 5.79. The molecule has 1 saturated heterocycles. The maximum absolute atomic E-state index is 12.1. The van der Waals surface area contributed by atoms with Gasteiger partial charge in [-0.2, -0.15) is 0 Å².